The van der Waals surface area contributed by atoms with Crippen LogP contribution in [0.1, 0.15) is 26.7 Å². The molecule has 0 aromatic rings. The molecule has 0 radical (unpaired) electrons. The van der Waals surface area contributed by atoms with Crippen molar-refractivity contribution in [2.24, 2.45) is 5.73 Å². The number of hydrogen-bond donors (Lipinski definition) is 1. The van der Waals surface area contributed by atoms with E-state index in [9.17, 15) is 0 Å². The van der Waals surface area contributed by atoms with Gasteiger partial charge in [-0.05, 0) is 0 Å². The van der Waals surface area contributed by atoms with Gasteiger partial charge in [-0.1, -0.05) is 31.0 Å². The molecule has 0 amide bonds. The molecule has 0 aliphatic carbocycles. The molecule has 0 atom stereocenters. The largest absolute Gasteiger partial charge is 1.00 e. The Morgan fingerprint density at radius 3 is 1.56 bits per heavy atom. The number of thiocarbonyl (C=S) groups is 1. The van der Waals surface area contributed by atoms with Crippen LogP contribution < -0.4 is 5.73 Å². The van der Waals surface area contributed by atoms with Crippen LogP contribution in [0, 0.1) is 0 Å². The van der Waals surface area contributed by atoms with Crippen LogP contribution in [0.3, 0.4) is 0 Å². The molecule has 0 aliphatic rings. The molecule has 2 N–H and O–H groups in total. The van der Waals surface area contributed by atoms with Crippen LogP contribution >= 0.6 is 12.2 Å². The predicted octanol–water partition coefficient (Wildman–Crippen LogP) is 1.58. The van der Waals surface area contributed by atoms with Gasteiger partial charge in [0, 0.05) is 0 Å². The van der Waals surface area contributed by atoms with Crippen molar-refractivity contribution in [2.75, 3.05) is 0 Å². The van der Waals surface area contributed by atoms with Crippen LogP contribution in [-0.2, 0) is 35.0 Å². The van der Waals surface area contributed by atoms with Gasteiger partial charge in [0.25, 0.3) is 0 Å². The van der Waals surface area contributed by atoms with E-state index in [4.69, 9.17) is 0 Å². The standard InChI is InChI=1S/C4H10.CH3NS2.Ag/c1-3-4-2;2-1(3)4;/h3-4H2,1-2H3;(H3,2,3,4);/q;;+1/p-1. The third kappa shape index (κ3) is 121. The second-order valence-electron chi connectivity index (χ2n) is 1.32. The zero-order chi connectivity index (χ0) is 6.99. The Labute approximate surface area is 83.7 Å². The monoisotopic (exact) mass is 257 g/mol. The number of unbranched alkanes of at least 4 members (excludes halogenated alkanes) is 1. The minimum Gasteiger partial charge on any atom is -0.415 e. The Morgan fingerprint density at radius 2 is 1.56 bits per heavy atom. The molecule has 0 aliphatic heterocycles. The zero-order valence-electron chi connectivity index (χ0n) is 5.61. The summed E-state index contributed by atoms with van der Waals surface area (Å²) in [5.41, 5.74) is 4.66. The average molecular weight is 258 g/mol. The maximum absolute atomic E-state index is 4.66. The summed E-state index contributed by atoms with van der Waals surface area (Å²) in [6.45, 7) is 4.36. The maximum atomic E-state index is 4.66. The van der Waals surface area contributed by atoms with Crippen molar-refractivity contribution >= 4 is 29.2 Å². The normalized spacial score (nSPS) is 6.00. The molecule has 1 nitrogen and oxygen atoms in total. The van der Waals surface area contributed by atoms with Crippen molar-refractivity contribution in [3.8, 4) is 0 Å². The molecule has 0 spiro atoms. The van der Waals surface area contributed by atoms with Crippen LogP contribution in [-0.4, -0.2) is 4.32 Å². The maximum Gasteiger partial charge on any atom is 1.00 e. The number of nitrogens with two attached hydrogens (primary N) is 1. The first-order chi connectivity index (χ1) is 3.65. The van der Waals surface area contributed by atoms with Crippen molar-refractivity contribution in [1.82, 2.24) is 0 Å². The molecular formula is C5H12AgNS2. The van der Waals surface area contributed by atoms with Crippen LogP contribution in [0.5, 0.6) is 0 Å². The SMILES string of the molecule is CCCC.NC(=S)[S-].[Ag+]. The molecule has 4 heteroatoms. The van der Waals surface area contributed by atoms with Gasteiger partial charge in [-0.25, -0.2) is 0 Å². The Kier molecular flexibility index (Phi) is 29.1. The molecule has 60 valence electrons. The molecule has 0 fully saturated rings. The summed E-state index contributed by atoms with van der Waals surface area (Å²) in [5, 5.41) is 0. The van der Waals surface area contributed by atoms with Crippen LogP contribution in [0.15, 0.2) is 0 Å². The van der Waals surface area contributed by atoms with Gasteiger partial charge in [-0.2, -0.15) is 0 Å². The van der Waals surface area contributed by atoms with E-state index in [-0.39, 0.29) is 26.7 Å². The minimum absolute atomic E-state index is 0. The Balaban J connectivity index is -0.0000000720. The third-order valence-corrected chi connectivity index (χ3v) is 0.500. The molecule has 0 aromatic heterocycles. The Bertz CT molecular complexity index is 52.9. The van der Waals surface area contributed by atoms with Crippen LogP contribution in [0.4, 0.5) is 0 Å². The molecule has 0 heterocycles. The molecular weight excluding hydrogens is 246 g/mol. The van der Waals surface area contributed by atoms with Crippen molar-refractivity contribution in [3.05, 3.63) is 0 Å². The van der Waals surface area contributed by atoms with E-state index >= 15 is 0 Å². The van der Waals surface area contributed by atoms with E-state index in [1.165, 1.54) is 12.8 Å². The second kappa shape index (κ2) is 15.9. The van der Waals surface area contributed by atoms with Crippen molar-refractivity contribution < 1.29 is 22.4 Å². The first-order valence-corrected chi connectivity index (χ1v) is 3.43. The molecule has 0 unspecified atom stereocenters. The van der Waals surface area contributed by atoms with Gasteiger partial charge in [-0.3, -0.25) is 0 Å². The second-order valence-corrected chi connectivity index (χ2v) is 2.46. The first-order valence-electron chi connectivity index (χ1n) is 2.61. The van der Waals surface area contributed by atoms with Crippen molar-refractivity contribution in [3.63, 3.8) is 0 Å². The number of hydrogen-bond acceptors (Lipinski definition) is 2. The molecule has 0 saturated heterocycles. The van der Waals surface area contributed by atoms with E-state index in [0.717, 1.165) is 0 Å². The van der Waals surface area contributed by atoms with Gasteiger partial charge in [0.05, 0.1) is 0 Å². The van der Waals surface area contributed by atoms with Gasteiger partial charge in [0.2, 0.25) is 0 Å². The van der Waals surface area contributed by atoms with E-state index in [1.807, 2.05) is 0 Å². The Hall–Kier alpha value is 0.850. The van der Waals surface area contributed by atoms with Crippen LogP contribution in [0.25, 0.3) is 0 Å². The summed E-state index contributed by atoms with van der Waals surface area (Å²) in [7, 11) is 0. The summed E-state index contributed by atoms with van der Waals surface area (Å²) in [6.07, 6.45) is 2.64. The predicted molar refractivity (Wildman–Crippen MR) is 44.7 cm³/mol. The van der Waals surface area contributed by atoms with Gasteiger partial charge in [0.1, 0.15) is 0 Å². The van der Waals surface area contributed by atoms with E-state index in [0.29, 0.717) is 0 Å². The van der Waals surface area contributed by atoms with E-state index < -0.39 is 0 Å². The topological polar surface area (TPSA) is 26.0 Å². The van der Waals surface area contributed by atoms with Crippen molar-refractivity contribution in [2.45, 2.75) is 26.7 Å². The van der Waals surface area contributed by atoms with Crippen LogP contribution in [0.2, 0.25) is 0 Å². The van der Waals surface area contributed by atoms with Crippen molar-refractivity contribution in [1.29, 1.82) is 0 Å². The fourth-order valence-electron chi connectivity index (χ4n) is 0. The van der Waals surface area contributed by atoms with Gasteiger partial charge < -0.3 is 30.6 Å². The van der Waals surface area contributed by atoms with Gasteiger partial charge in [-0.15, -0.1) is 0 Å². The Morgan fingerprint density at radius 1 is 1.44 bits per heavy atom. The van der Waals surface area contributed by atoms with Gasteiger partial charge in [0.15, 0.2) is 0 Å². The summed E-state index contributed by atoms with van der Waals surface area (Å²) in [5.74, 6) is 0. The summed E-state index contributed by atoms with van der Waals surface area (Å²) >= 11 is 8.26. The quantitative estimate of drug-likeness (QED) is 0.439. The van der Waals surface area contributed by atoms with E-state index in [1.54, 1.807) is 0 Å². The molecule has 0 saturated carbocycles. The average Bonchev–Trinajstić information content (AvgIpc) is 1.65. The summed E-state index contributed by atoms with van der Waals surface area (Å²) in [4.78, 5) is 0. The minimum atomic E-state index is 0. The molecule has 0 bridgehead atoms. The third-order valence-electron chi connectivity index (χ3n) is 0.500. The molecule has 0 rings (SSSR count). The number of rotatable bonds is 1. The fourth-order valence-corrected chi connectivity index (χ4v) is 0. The molecule has 9 heavy (non-hydrogen) atoms. The molecule has 0 aromatic carbocycles. The smallest absolute Gasteiger partial charge is 0.415 e. The summed E-state index contributed by atoms with van der Waals surface area (Å²) < 4.78 is 0.0833. The zero-order valence-corrected chi connectivity index (χ0v) is 8.72. The van der Waals surface area contributed by atoms with E-state index in [2.05, 4.69) is 44.4 Å². The first kappa shape index (κ1) is 16.4. The fraction of sp³-hybridized carbons (Fsp3) is 0.800. The van der Waals surface area contributed by atoms with Gasteiger partial charge >= 0.3 is 22.4 Å². The summed E-state index contributed by atoms with van der Waals surface area (Å²) in [6, 6.07) is 0.